The molecule has 0 atom stereocenters. The van der Waals surface area contributed by atoms with Crippen molar-refractivity contribution in [3.05, 3.63) is 96.4 Å². The fourth-order valence-corrected chi connectivity index (χ4v) is 3.54. The SMILES string of the molecule is O=C(CCc1nc(-c2ccccc2)c(-c2ccccc2)o1)NCCc1ccc(OC(F)F)cc1. The van der Waals surface area contributed by atoms with Crippen molar-refractivity contribution in [2.75, 3.05) is 6.54 Å². The number of halogens is 2. The zero-order chi connectivity index (χ0) is 23.8. The van der Waals surface area contributed by atoms with Crippen LogP contribution < -0.4 is 10.1 Å². The van der Waals surface area contributed by atoms with E-state index < -0.39 is 6.61 Å². The zero-order valence-corrected chi connectivity index (χ0v) is 18.4. The van der Waals surface area contributed by atoms with Gasteiger partial charge in [0, 0.05) is 30.5 Å². The number of rotatable bonds is 10. The van der Waals surface area contributed by atoms with Gasteiger partial charge in [0.2, 0.25) is 5.91 Å². The monoisotopic (exact) mass is 462 g/mol. The van der Waals surface area contributed by atoms with Crippen molar-refractivity contribution < 1.29 is 22.7 Å². The highest BCUT2D eigenvalue weighted by Gasteiger charge is 2.17. The first-order valence-electron chi connectivity index (χ1n) is 11.0. The molecule has 0 spiro atoms. The van der Waals surface area contributed by atoms with Crippen molar-refractivity contribution in [1.82, 2.24) is 10.3 Å². The average Bonchev–Trinajstić information content (AvgIpc) is 3.29. The molecule has 0 aliphatic heterocycles. The Labute approximate surface area is 196 Å². The van der Waals surface area contributed by atoms with Gasteiger partial charge in [0.25, 0.3) is 0 Å². The Morgan fingerprint density at radius 3 is 2.18 bits per heavy atom. The van der Waals surface area contributed by atoms with Crippen LogP contribution in [-0.4, -0.2) is 24.0 Å². The topological polar surface area (TPSA) is 64.4 Å². The molecule has 0 bridgehead atoms. The molecule has 3 aromatic carbocycles. The van der Waals surface area contributed by atoms with E-state index in [0.29, 0.717) is 31.0 Å². The maximum atomic E-state index is 12.3. The summed E-state index contributed by atoms with van der Waals surface area (Å²) in [5.41, 5.74) is 3.54. The zero-order valence-electron chi connectivity index (χ0n) is 18.4. The van der Waals surface area contributed by atoms with Gasteiger partial charge in [-0.3, -0.25) is 4.79 Å². The molecule has 0 aliphatic carbocycles. The third-order valence-corrected chi connectivity index (χ3v) is 5.20. The maximum Gasteiger partial charge on any atom is 0.387 e. The number of hydrogen-bond acceptors (Lipinski definition) is 4. The number of nitrogens with one attached hydrogen (secondary N) is 1. The number of oxazole rings is 1. The van der Waals surface area contributed by atoms with E-state index in [-0.39, 0.29) is 18.1 Å². The van der Waals surface area contributed by atoms with Gasteiger partial charge in [-0.05, 0) is 24.1 Å². The Balaban J connectivity index is 1.33. The van der Waals surface area contributed by atoms with Gasteiger partial charge < -0.3 is 14.5 Å². The minimum Gasteiger partial charge on any atom is -0.440 e. The second-order valence-corrected chi connectivity index (χ2v) is 7.64. The lowest BCUT2D eigenvalue weighted by Crippen LogP contribution is -2.25. The second kappa shape index (κ2) is 11.2. The van der Waals surface area contributed by atoms with Crippen LogP contribution in [0.5, 0.6) is 5.75 Å². The third kappa shape index (κ3) is 6.28. The van der Waals surface area contributed by atoms with Gasteiger partial charge in [-0.15, -0.1) is 0 Å². The molecule has 0 saturated carbocycles. The molecule has 174 valence electrons. The maximum absolute atomic E-state index is 12.3. The van der Waals surface area contributed by atoms with Gasteiger partial charge in [0.1, 0.15) is 11.4 Å². The van der Waals surface area contributed by atoms with E-state index in [2.05, 4.69) is 15.0 Å². The molecule has 7 heteroatoms. The van der Waals surface area contributed by atoms with Crippen LogP contribution in [0.3, 0.4) is 0 Å². The predicted octanol–water partition coefficient (Wildman–Crippen LogP) is 5.90. The minimum absolute atomic E-state index is 0.110. The van der Waals surface area contributed by atoms with Crippen molar-refractivity contribution >= 4 is 5.91 Å². The van der Waals surface area contributed by atoms with Crippen LogP contribution in [0.1, 0.15) is 17.9 Å². The molecule has 0 aliphatic rings. The van der Waals surface area contributed by atoms with Gasteiger partial charge in [0.15, 0.2) is 11.7 Å². The molecular weight excluding hydrogens is 438 g/mol. The van der Waals surface area contributed by atoms with Crippen LogP contribution in [0, 0.1) is 0 Å². The molecule has 4 rings (SSSR count). The molecule has 0 unspecified atom stereocenters. The van der Waals surface area contributed by atoms with Gasteiger partial charge in [-0.25, -0.2) is 4.98 Å². The smallest absolute Gasteiger partial charge is 0.387 e. The molecular formula is C27H24F2N2O3. The van der Waals surface area contributed by atoms with Gasteiger partial charge in [0.05, 0.1) is 0 Å². The summed E-state index contributed by atoms with van der Waals surface area (Å²) in [5.74, 6) is 1.18. The number of benzene rings is 3. The van der Waals surface area contributed by atoms with Crippen molar-refractivity contribution in [2.24, 2.45) is 0 Å². The third-order valence-electron chi connectivity index (χ3n) is 5.20. The van der Waals surface area contributed by atoms with Crippen LogP contribution in [0.4, 0.5) is 8.78 Å². The molecule has 0 radical (unpaired) electrons. The highest BCUT2D eigenvalue weighted by Crippen LogP contribution is 2.32. The fourth-order valence-electron chi connectivity index (χ4n) is 3.54. The van der Waals surface area contributed by atoms with Crippen LogP contribution >= 0.6 is 0 Å². The number of ether oxygens (including phenoxy) is 1. The standard InChI is InChI=1S/C27H24F2N2O3/c28-27(29)33-22-13-11-19(12-14-22)17-18-30-23(32)15-16-24-31-25(20-7-3-1-4-8-20)26(34-24)21-9-5-2-6-10-21/h1-14,27H,15-18H2,(H,30,32). The van der Waals surface area contributed by atoms with Crippen molar-refractivity contribution in [3.63, 3.8) is 0 Å². The van der Waals surface area contributed by atoms with Crippen molar-refractivity contribution in [3.8, 4) is 28.3 Å². The van der Waals surface area contributed by atoms with Crippen LogP contribution in [-0.2, 0) is 17.6 Å². The number of carbonyl (C=O) groups excluding carboxylic acids is 1. The summed E-state index contributed by atoms with van der Waals surface area (Å²) in [6.07, 6.45) is 1.19. The average molecular weight is 462 g/mol. The highest BCUT2D eigenvalue weighted by molar-refractivity contribution is 5.77. The highest BCUT2D eigenvalue weighted by atomic mass is 19.3. The van der Waals surface area contributed by atoms with Crippen LogP contribution in [0.15, 0.2) is 89.3 Å². The number of carbonyl (C=O) groups is 1. The predicted molar refractivity (Wildman–Crippen MR) is 125 cm³/mol. The van der Waals surface area contributed by atoms with E-state index in [0.717, 1.165) is 22.4 Å². The summed E-state index contributed by atoms with van der Waals surface area (Å²) < 4.78 is 34.8. The molecule has 1 N–H and O–H groups in total. The largest absolute Gasteiger partial charge is 0.440 e. The summed E-state index contributed by atoms with van der Waals surface area (Å²) in [7, 11) is 0. The second-order valence-electron chi connectivity index (χ2n) is 7.64. The molecule has 4 aromatic rings. The van der Waals surface area contributed by atoms with E-state index >= 15 is 0 Å². The van der Waals surface area contributed by atoms with Crippen LogP contribution in [0.25, 0.3) is 22.6 Å². The van der Waals surface area contributed by atoms with E-state index in [1.54, 1.807) is 12.1 Å². The van der Waals surface area contributed by atoms with Crippen molar-refractivity contribution in [2.45, 2.75) is 25.9 Å². The lowest BCUT2D eigenvalue weighted by molar-refractivity contribution is -0.121. The number of aromatic nitrogens is 1. The summed E-state index contributed by atoms with van der Waals surface area (Å²) in [4.78, 5) is 17.0. The van der Waals surface area contributed by atoms with E-state index in [1.165, 1.54) is 12.1 Å². The first kappa shape index (κ1) is 23.2. The minimum atomic E-state index is -2.85. The summed E-state index contributed by atoms with van der Waals surface area (Å²) >= 11 is 0. The summed E-state index contributed by atoms with van der Waals surface area (Å²) in [6.45, 7) is -2.41. The lowest BCUT2D eigenvalue weighted by Gasteiger charge is -2.07. The lowest BCUT2D eigenvalue weighted by atomic mass is 10.1. The summed E-state index contributed by atoms with van der Waals surface area (Å²) in [6, 6.07) is 25.9. The van der Waals surface area contributed by atoms with E-state index in [9.17, 15) is 13.6 Å². The van der Waals surface area contributed by atoms with E-state index in [4.69, 9.17) is 4.42 Å². The Morgan fingerprint density at radius 2 is 1.53 bits per heavy atom. The normalized spacial score (nSPS) is 10.9. The number of hydrogen-bond donors (Lipinski definition) is 1. The Kier molecular flexibility index (Phi) is 7.65. The molecule has 34 heavy (non-hydrogen) atoms. The summed E-state index contributed by atoms with van der Waals surface area (Å²) in [5, 5.41) is 2.87. The fraction of sp³-hybridized carbons (Fsp3) is 0.185. The number of alkyl halides is 2. The molecule has 0 saturated heterocycles. The first-order valence-corrected chi connectivity index (χ1v) is 11.0. The van der Waals surface area contributed by atoms with Crippen molar-refractivity contribution in [1.29, 1.82) is 0 Å². The number of aryl methyl sites for hydroxylation is 1. The van der Waals surface area contributed by atoms with Gasteiger partial charge in [-0.1, -0.05) is 72.8 Å². The molecule has 1 heterocycles. The number of nitrogens with zero attached hydrogens (tertiary/aromatic N) is 1. The molecule has 1 aromatic heterocycles. The van der Waals surface area contributed by atoms with E-state index in [1.807, 2.05) is 60.7 Å². The van der Waals surface area contributed by atoms with Crippen LogP contribution in [0.2, 0.25) is 0 Å². The number of amides is 1. The molecule has 1 amide bonds. The molecule has 0 fully saturated rings. The Morgan fingerprint density at radius 1 is 0.882 bits per heavy atom. The van der Waals surface area contributed by atoms with Gasteiger partial charge in [-0.2, -0.15) is 8.78 Å². The quantitative estimate of drug-likeness (QED) is 0.319. The molecule has 5 nitrogen and oxygen atoms in total. The van der Waals surface area contributed by atoms with Gasteiger partial charge >= 0.3 is 6.61 Å². The first-order chi connectivity index (χ1) is 16.6. The Bertz CT molecular complexity index is 1140. The Hall–Kier alpha value is -4.00.